The van der Waals surface area contributed by atoms with Gasteiger partial charge in [-0.05, 0) is 84.3 Å². The van der Waals surface area contributed by atoms with Gasteiger partial charge < -0.3 is 5.11 Å². The van der Waals surface area contributed by atoms with Crippen molar-refractivity contribution in [3.8, 4) is 28.0 Å². The molecule has 1 N–H and O–H groups in total. The molecule has 0 aliphatic heterocycles. The lowest BCUT2D eigenvalue weighted by Crippen LogP contribution is -1.94. The van der Waals surface area contributed by atoms with Gasteiger partial charge in [0.05, 0.1) is 0 Å². The zero-order chi connectivity index (χ0) is 16.6. The van der Waals surface area contributed by atoms with Crippen LogP contribution in [0.1, 0.15) is 22.3 Å². The van der Waals surface area contributed by atoms with Crippen LogP contribution in [-0.4, -0.2) is 5.11 Å². The van der Waals surface area contributed by atoms with E-state index in [0.717, 1.165) is 5.56 Å². The maximum atomic E-state index is 10.1. The molecule has 0 atom stereocenters. The molecule has 0 bridgehead atoms. The quantitative estimate of drug-likeness (QED) is 0.619. The zero-order valence-electron chi connectivity index (χ0n) is 14.1. The summed E-state index contributed by atoms with van der Waals surface area (Å²) in [4.78, 5) is 0. The molecular formula is C22H22O. The summed E-state index contributed by atoms with van der Waals surface area (Å²) in [6, 6.07) is 18.4. The average molecular weight is 302 g/mol. The maximum absolute atomic E-state index is 10.1. The third-order valence-electron chi connectivity index (χ3n) is 4.50. The monoisotopic (exact) mass is 302 g/mol. The number of hydrogen-bond acceptors (Lipinski definition) is 1. The molecule has 0 saturated heterocycles. The topological polar surface area (TPSA) is 20.2 Å². The van der Waals surface area contributed by atoms with Gasteiger partial charge in [-0.15, -0.1) is 0 Å². The van der Waals surface area contributed by atoms with Crippen LogP contribution in [0.25, 0.3) is 22.3 Å². The van der Waals surface area contributed by atoms with Gasteiger partial charge in [0.2, 0.25) is 0 Å². The summed E-state index contributed by atoms with van der Waals surface area (Å²) in [5.74, 6) is 0.303. The minimum atomic E-state index is 0.303. The van der Waals surface area contributed by atoms with Crippen molar-refractivity contribution in [1.29, 1.82) is 0 Å². The minimum Gasteiger partial charge on any atom is -0.508 e. The number of hydrogen-bond donors (Lipinski definition) is 1. The van der Waals surface area contributed by atoms with Crippen LogP contribution in [0.2, 0.25) is 0 Å². The van der Waals surface area contributed by atoms with Gasteiger partial charge in [-0.2, -0.15) is 0 Å². The van der Waals surface area contributed by atoms with Crippen molar-refractivity contribution >= 4 is 0 Å². The first-order valence-corrected chi connectivity index (χ1v) is 7.95. The van der Waals surface area contributed by atoms with Gasteiger partial charge in [-0.1, -0.05) is 42.5 Å². The van der Waals surface area contributed by atoms with Crippen molar-refractivity contribution in [2.24, 2.45) is 0 Å². The highest BCUT2D eigenvalue weighted by molar-refractivity contribution is 5.89. The Morgan fingerprint density at radius 1 is 0.565 bits per heavy atom. The molecule has 0 saturated carbocycles. The molecule has 0 aliphatic rings. The molecular weight excluding hydrogens is 280 g/mol. The second-order valence-electron chi connectivity index (χ2n) is 6.26. The lowest BCUT2D eigenvalue weighted by molar-refractivity contribution is 0.475. The molecule has 0 aliphatic carbocycles. The number of phenolic OH excluding ortho intramolecular Hbond substituents is 1. The van der Waals surface area contributed by atoms with E-state index < -0.39 is 0 Å². The molecule has 1 nitrogen and oxygen atoms in total. The summed E-state index contributed by atoms with van der Waals surface area (Å²) < 4.78 is 0. The fourth-order valence-electron chi connectivity index (χ4n) is 3.44. The summed E-state index contributed by atoms with van der Waals surface area (Å²) >= 11 is 0. The summed E-state index contributed by atoms with van der Waals surface area (Å²) in [5, 5.41) is 10.1. The molecule has 0 radical (unpaired) electrons. The standard InChI is InChI=1S/C22H22O/c1-14-7-5-8-15(2)21(14)19-12-11-18(23)13-20(19)22-16(3)9-6-10-17(22)4/h5-13,23H,1-4H3. The predicted octanol–water partition coefficient (Wildman–Crippen LogP) is 5.96. The largest absolute Gasteiger partial charge is 0.508 e. The van der Waals surface area contributed by atoms with Crippen molar-refractivity contribution in [1.82, 2.24) is 0 Å². The van der Waals surface area contributed by atoms with Gasteiger partial charge in [-0.25, -0.2) is 0 Å². The Kier molecular flexibility index (Phi) is 3.96. The molecule has 0 aromatic heterocycles. The number of benzene rings is 3. The Morgan fingerprint density at radius 2 is 1.00 bits per heavy atom. The Bertz CT molecular complexity index is 835. The molecule has 0 unspecified atom stereocenters. The minimum absolute atomic E-state index is 0.303. The first-order chi connectivity index (χ1) is 11.0. The van der Waals surface area contributed by atoms with Crippen LogP contribution in [-0.2, 0) is 0 Å². The van der Waals surface area contributed by atoms with Crippen LogP contribution in [0.15, 0.2) is 54.6 Å². The van der Waals surface area contributed by atoms with E-state index in [2.05, 4.69) is 64.1 Å². The number of aromatic hydroxyl groups is 1. The second kappa shape index (κ2) is 5.92. The van der Waals surface area contributed by atoms with Gasteiger partial charge in [0.15, 0.2) is 0 Å². The van der Waals surface area contributed by atoms with Crippen molar-refractivity contribution in [3.05, 3.63) is 76.9 Å². The van der Waals surface area contributed by atoms with E-state index in [1.807, 2.05) is 12.1 Å². The van der Waals surface area contributed by atoms with Crippen LogP contribution < -0.4 is 0 Å². The highest BCUT2D eigenvalue weighted by Gasteiger charge is 2.15. The Labute approximate surface area is 138 Å². The first-order valence-electron chi connectivity index (χ1n) is 7.95. The summed E-state index contributed by atoms with van der Waals surface area (Å²) in [6.07, 6.45) is 0. The molecule has 0 spiro atoms. The second-order valence-corrected chi connectivity index (χ2v) is 6.26. The van der Waals surface area contributed by atoms with E-state index in [-0.39, 0.29) is 0 Å². The SMILES string of the molecule is Cc1cccc(C)c1-c1ccc(O)cc1-c1c(C)cccc1C. The van der Waals surface area contributed by atoms with Gasteiger partial charge in [0.1, 0.15) is 5.75 Å². The zero-order valence-corrected chi connectivity index (χ0v) is 14.1. The average Bonchev–Trinajstić information content (AvgIpc) is 2.49. The van der Waals surface area contributed by atoms with E-state index >= 15 is 0 Å². The van der Waals surface area contributed by atoms with Gasteiger partial charge >= 0.3 is 0 Å². The summed E-state index contributed by atoms with van der Waals surface area (Å²) in [5.41, 5.74) is 9.69. The van der Waals surface area contributed by atoms with Gasteiger partial charge in [0, 0.05) is 0 Å². The van der Waals surface area contributed by atoms with E-state index in [9.17, 15) is 5.11 Å². The molecule has 116 valence electrons. The fraction of sp³-hybridized carbons (Fsp3) is 0.182. The molecule has 1 heteroatoms. The molecule has 0 amide bonds. The van der Waals surface area contributed by atoms with Gasteiger partial charge in [0.25, 0.3) is 0 Å². The van der Waals surface area contributed by atoms with E-state index in [0.29, 0.717) is 5.75 Å². The van der Waals surface area contributed by atoms with E-state index in [1.165, 1.54) is 38.9 Å². The first kappa shape index (κ1) is 15.4. The van der Waals surface area contributed by atoms with Crippen LogP contribution >= 0.6 is 0 Å². The number of rotatable bonds is 2. The maximum Gasteiger partial charge on any atom is 0.116 e. The van der Waals surface area contributed by atoms with Crippen LogP contribution in [0.5, 0.6) is 5.75 Å². The van der Waals surface area contributed by atoms with Gasteiger partial charge in [-0.3, -0.25) is 0 Å². The molecule has 3 aromatic rings. The van der Waals surface area contributed by atoms with Crippen molar-refractivity contribution in [2.75, 3.05) is 0 Å². The Morgan fingerprint density at radius 3 is 1.48 bits per heavy atom. The number of aryl methyl sites for hydroxylation is 4. The van der Waals surface area contributed by atoms with E-state index in [1.54, 1.807) is 6.07 Å². The molecule has 3 aromatic carbocycles. The molecule has 23 heavy (non-hydrogen) atoms. The predicted molar refractivity (Wildman–Crippen MR) is 97.9 cm³/mol. The van der Waals surface area contributed by atoms with Crippen molar-refractivity contribution in [3.63, 3.8) is 0 Å². The third kappa shape index (κ3) is 2.75. The summed E-state index contributed by atoms with van der Waals surface area (Å²) in [7, 11) is 0. The normalized spacial score (nSPS) is 10.8. The Hall–Kier alpha value is -2.54. The van der Waals surface area contributed by atoms with E-state index in [4.69, 9.17) is 0 Å². The smallest absolute Gasteiger partial charge is 0.116 e. The summed E-state index contributed by atoms with van der Waals surface area (Å²) in [6.45, 7) is 8.54. The molecule has 0 heterocycles. The molecule has 3 rings (SSSR count). The highest BCUT2D eigenvalue weighted by Crippen LogP contribution is 2.40. The van der Waals surface area contributed by atoms with Crippen LogP contribution in [0.3, 0.4) is 0 Å². The lowest BCUT2D eigenvalue weighted by atomic mass is 9.86. The van der Waals surface area contributed by atoms with Crippen LogP contribution in [0.4, 0.5) is 0 Å². The van der Waals surface area contributed by atoms with Crippen molar-refractivity contribution in [2.45, 2.75) is 27.7 Å². The van der Waals surface area contributed by atoms with Crippen LogP contribution in [0, 0.1) is 27.7 Å². The van der Waals surface area contributed by atoms with Crippen molar-refractivity contribution < 1.29 is 5.11 Å². The fourth-order valence-corrected chi connectivity index (χ4v) is 3.44. The molecule has 0 fully saturated rings. The highest BCUT2D eigenvalue weighted by atomic mass is 16.3. The lowest BCUT2D eigenvalue weighted by Gasteiger charge is -2.18. The Balaban J connectivity index is 2.37. The third-order valence-corrected chi connectivity index (χ3v) is 4.50. The number of phenols is 1.